The summed E-state index contributed by atoms with van der Waals surface area (Å²) in [5, 5.41) is 10.9. The van der Waals surface area contributed by atoms with E-state index in [1.165, 1.54) is 4.57 Å². The molecule has 17 heavy (non-hydrogen) atoms. The van der Waals surface area contributed by atoms with Crippen LogP contribution >= 0.6 is 22.9 Å². The number of hydrogen-bond acceptors (Lipinski definition) is 3. The predicted octanol–water partition coefficient (Wildman–Crippen LogP) is 2.31. The van der Waals surface area contributed by atoms with Gasteiger partial charge in [0.05, 0.1) is 5.69 Å². The molecule has 1 N–H and O–H groups in total. The number of benzene rings is 1. The number of rotatable bonds is 3. The minimum atomic E-state index is -1.06. The van der Waals surface area contributed by atoms with Gasteiger partial charge in [-0.05, 0) is 6.07 Å². The zero-order valence-electron chi connectivity index (χ0n) is 8.59. The zero-order valence-corrected chi connectivity index (χ0v) is 10.2. The summed E-state index contributed by atoms with van der Waals surface area (Å²) in [5.74, 6) is -1.06. The zero-order chi connectivity index (χ0) is 12.4. The number of carboxylic acid groups (broad SMARTS) is 1. The van der Waals surface area contributed by atoms with Gasteiger partial charge in [0.25, 0.3) is 0 Å². The normalized spacial score (nSPS) is 10.4. The Kier molecular flexibility index (Phi) is 3.31. The van der Waals surface area contributed by atoms with Crippen LogP contribution in [-0.4, -0.2) is 15.6 Å². The average molecular weight is 270 g/mol. The van der Waals surface area contributed by atoms with Gasteiger partial charge in [-0.15, -0.1) is 0 Å². The smallest absolute Gasteiger partial charge is 0.323 e. The van der Waals surface area contributed by atoms with E-state index >= 15 is 0 Å². The number of aliphatic carboxylic acids is 1. The summed E-state index contributed by atoms with van der Waals surface area (Å²) in [5.41, 5.74) is 1.20. The molecular weight excluding hydrogens is 262 g/mol. The predicted molar refractivity (Wildman–Crippen MR) is 66.7 cm³/mol. The van der Waals surface area contributed by atoms with Crippen molar-refractivity contribution in [1.29, 1.82) is 0 Å². The molecule has 4 nitrogen and oxygen atoms in total. The van der Waals surface area contributed by atoms with Gasteiger partial charge in [-0.3, -0.25) is 14.2 Å². The third-order valence-corrected chi connectivity index (χ3v) is 3.32. The molecule has 0 aliphatic carbocycles. The second kappa shape index (κ2) is 4.73. The van der Waals surface area contributed by atoms with Crippen molar-refractivity contribution >= 4 is 28.9 Å². The fourth-order valence-corrected chi connectivity index (χ4v) is 2.48. The number of aromatic nitrogens is 1. The Morgan fingerprint density at radius 3 is 2.76 bits per heavy atom. The highest BCUT2D eigenvalue weighted by Gasteiger charge is 2.13. The summed E-state index contributed by atoms with van der Waals surface area (Å²) in [6.45, 7) is -0.358. The molecule has 0 bridgehead atoms. The van der Waals surface area contributed by atoms with E-state index < -0.39 is 5.97 Å². The van der Waals surface area contributed by atoms with Crippen LogP contribution in [0, 0.1) is 0 Å². The minimum Gasteiger partial charge on any atom is -0.480 e. The van der Waals surface area contributed by atoms with E-state index in [1.54, 1.807) is 29.6 Å². The maximum atomic E-state index is 11.5. The Bertz CT molecular complexity index is 617. The molecule has 0 fully saturated rings. The summed E-state index contributed by atoms with van der Waals surface area (Å²) in [7, 11) is 0. The fourth-order valence-electron chi connectivity index (χ4n) is 1.49. The molecule has 0 unspecified atom stereocenters. The molecule has 1 aromatic carbocycles. The van der Waals surface area contributed by atoms with E-state index in [0.717, 1.165) is 11.3 Å². The summed E-state index contributed by atoms with van der Waals surface area (Å²) < 4.78 is 1.20. The van der Waals surface area contributed by atoms with Gasteiger partial charge in [0.2, 0.25) is 0 Å². The number of thiazole rings is 1. The third kappa shape index (κ3) is 2.40. The van der Waals surface area contributed by atoms with Gasteiger partial charge in [0, 0.05) is 16.0 Å². The first-order chi connectivity index (χ1) is 8.09. The molecule has 6 heteroatoms. The van der Waals surface area contributed by atoms with Gasteiger partial charge in [-0.1, -0.05) is 41.1 Å². The van der Waals surface area contributed by atoms with E-state index in [0.29, 0.717) is 16.3 Å². The van der Waals surface area contributed by atoms with Crippen LogP contribution in [0.3, 0.4) is 0 Å². The summed E-state index contributed by atoms with van der Waals surface area (Å²) in [6, 6.07) is 7.01. The average Bonchev–Trinajstić information content (AvgIpc) is 2.61. The Balaban J connectivity index is 2.57. The number of nitrogens with zero attached hydrogens (tertiary/aromatic N) is 1. The third-order valence-electron chi connectivity index (χ3n) is 2.23. The van der Waals surface area contributed by atoms with Crippen molar-refractivity contribution in [2.75, 3.05) is 0 Å². The Hall–Kier alpha value is -1.59. The molecule has 1 heterocycles. The molecule has 0 atom stereocenters. The van der Waals surface area contributed by atoms with Crippen molar-refractivity contribution in [2.24, 2.45) is 0 Å². The monoisotopic (exact) mass is 269 g/mol. The van der Waals surface area contributed by atoms with Crippen LogP contribution in [-0.2, 0) is 11.3 Å². The second-order valence-corrected chi connectivity index (χ2v) is 4.57. The lowest BCUT2D eigenvalue weighted by Gasteiger charge is -2.06. The summed E-state index contributed by atoms with van der Waals surface area (Å²) >= 11 is 6.98. The molecule has 0 saturated heterocycles. The van der Waals surface area contributed by atoms with Crippen molar-refractivity contribution in [3.05, 3.63) is 44.3 Å². The van der Waals surface area contributed by atoms with E-state index in [2.05, 4.69) is 0 Å². The number of carboxylic acids is 1. The Labute approximate surface area is 106 Å². The lowest BCUT2D eigenvalue weighted by molar-refractivity contribution is -0.137. The van der Waals surface area contributed by atoms with E-state index in [4.69, 9.17) is 16.7 Å². The molecule has 2 aromatic rings. The van der Waals surface area contributed by atoms with Crippen molar-refractivity contribution in [1.82, 2.24) is 4.57 Å². The van der Waals surface area contributed by atoms with E-state index in [9.17, 15) is 9.59 Å². The number of carbonyl (C=O) groups is 1. The molecule has 88 valence electrons. The van der Waals surface area contributed by atoms with Crippen LogP contribution in [0.25, 0.3) is 11.3 Å². The fraction of sp³-hybridized carbons (Fsp3) is 0.0909. The van der Waals surface area contributed by atoms with Crippen molar-refractivity contribution in [2.45, 2.75) is 6.54 Å². The van der Waals surface area contributed by atoms with Gasteiger partial charge in [-0.2, -0.15) is 0 Å². The molecule has 0 aliphatic heterocycles. The summed E-state index contributed by atoms with van der Waals surface area (Å²) in [6.07, 6.45) is 0. The highest BCUT2D eigenvalue weighted by molar-refractivity contribution is 7.07. The molecule has 2 rings (SSSR count). The maximum absolute atomic E-state index is 11.5. The minimum absolute atomic E-state index is 0.303. The van der Waals surface area contributed by atoms with Crippen LogP contribution in [0.2, 0.25) is 5.02 Å². The number of halogens is 1. The lowest BCUT2D eigenvalue weighted by atomic mass is 10.2. The molecule has 0 radical (unpaired) electrons. The van der Waals surface area contributed by atoms with Crippen molar-refractivity contribution < 1.29 is 9.90 Å². The summed E-state index contributed by atoms with van der Waals surface area (Å²) in [4.78, 5) is 21.9. The first kappa shape index (κ1) is 11.9. The largest absolute Gasteiger partial charge is 0.480 e. The van der Waals surface area contributed by atoms with Crippen LogP contribution in [0.1, 0.15) is 0 Å². The number of hydrogen-bond donors (Lipinski definition) is 1. The highest BCUT2D eigenvalue weighted by atomic mass is 35.5. The maximum Gasteiger partial charge on any atom is 0.323 e. The van der Waals surface area contributed by atoms with E-state index in [-0.39, 0.29) is 11.4 Å². The van der Waals surface area contributed by atoms with Gasteiger partial charge >= 0.3 is 10.8 Å². The standard InChI is InChI=1S/C11H8ClNO3S/c12-8-4-2-1-3-7(8)9-6-17-11(16)13(9)5-10(14)15/h1-4,6H,5H2,(H,14,15). The van der Waals surface area contributed by atoms with E-state index in [1.807, 2.05) is 0 Å². The Morgan fingerprint density at radius 1 is 1.41 bits per heavy atom. The molecular formula is C11H8ClNO3S. The topological polar surface area (TPSA) is 59.3 Å². The molecule has 0 spiro atoms. The quantitative estimate of drug-likeness (QED) is 0.930. The first-order valence-electron chi connectivity index (χ1n) is 4.74. The van der Waals surface area contributed by atoms with Gasteiger partial charge in [0.1, 0.15) is 6.54 Å². The Morgan fingerprint density at radius 2 is 2.12 bits per heavy atom. The van der Waals surface area contributed by atoms with Crippen molar-refractivity contribution in [3.8, 4) is 11.3 Å². The van der Waals surface area contributed by atoms with Gasteiger partial charge in [-0.25, -0.2) is 0 Å². The van der Waals surface area contributed by atoms with Crippen LogP contribution in [0.5, 0.6) is 0 Å². The van der Waals surface area contributed by atoms with Gasteiger partial charge < -0.3 is 5.11 Å². The molecule has 1 aromatic heterocycles. The van der Waals surface area contributed by atoms with Crippen LogP contribution in [0.15, 0.2) is 34.4 Å². The van der Waals surface area contributed by atoms with Crippen LogP contribution in [0.4, 0.5) is 0 Å². The van der Waals surface area contributed by atoms with Crippen molar-refractivity contribution in [3.63, 3.8) is 0 Å². The molecule has 0 amide bonds. The second-order valence-electron chi connectivity index (χ2n) is 3.35. The SMILES string of the molecule is O=C(O)Cn1c(-c2ccccc2Cl)csc1=O. The molecule has 0 saturated carbocycles. The van der Waals surface area contributed by atoms with Gasteiger partial charge in [0.15, 0.2) is 0 Å². The highest BCUT2D eigenvalue weighted by Crippen LogP contribution is 2.27. The van der Waals surface area contributed by atoms with Crippen LogP contribution < -0.4 is 4.87 Å². The molecule has 0 aliphatic rings. The first-order valence-corrected chi connectivity index (χ1v) is 6.00. The lowest BCUT2D eigenvalue weighted by Crippen LogP contribution is -2.19.